The number of hydrogen-bond donors (Lipinski definition) is 1. The molecule has 0 atom stereocenters. The first-order valence-corrected chi connectivity index (χ1v) is 8.52. The quantitative estimate of drug-likeness (QED) is 0.805. The molecule has 8 nitrogen and oxygen atoms in total. The Balaban J connectivity index is 1.58. The Morgan fingerprint density at radius 1 is 1.23 bits per heavy atom. The first-order valence-electron chi connectivity index (χ1n) is 7.64. The lowest BCUT2D eigenvalue weighted by Gasteiger charge is -2.11. The standard InChI is InChI=1S/C17H14N2O6S/c20-14(19-6-7-24-17(19)23)10-25-16(22)11-3-1-4-12(9-11)18-15(21)13-5-2-8-26-13/h1-5,8-9H,6-7,10H2,(H,18,21). The molecule has 1 aliphatic rings. The van der Waals surface area contributed by atoms with Gasteiger partial charge in [-0.3, -0.25) is 9.59 Å². The maximum Gasteiger partial charge on any atom is 0.416 e. The van der Waals surface area contributed by atoms with E-state index >= 15 is 0 Å². The summed E-state index contributed by atoms with van der Waals surface area (Å²) in [5.74, 6) is -1.67. The van der Waals surface area contributed by atoms with Crippen molar-refractivity contribution in [3.8, 4) is 0 Å². The summed E-state index contributed by atoms with van der Waals surface area (Å²) in [6, 6.07) is 9.61. The van der Waals surface area contributed by atoms with Crippen molar-refractivity contribution in [3.05, 3.63) is 52.2 Å². The molecule has 9 heteroatoms. The van der Waals surface area contributed by atoms with Gasteiger partial charge in [0.1, 0.15) is 6.61 Å². The number of ether oxygens (including phenoxy) is 2. The molecule has 2 heterocycles. The van der Waals surface area contributed by atoms with Crippen LogP contribution < -0.4 is 5.32 Å². The van der Waals surface area contributed by atoms with Crippen LogP contribution in [0.25, 0.3) is 0 Å². The van der Waals surface area contributed by atoms with Crippen LogP contribution in [-0.2, 0) is 14.3 Å². The lowest BCUT2D eigenvalue weighted by Crippen LogP contribution is -2.35. The number of thiophene rings is 1. The first kappa shape index (κ1) is 17.6. The molecule has 1 aromatic carbocycles. The minimum Gasteiger partial charge on any atom is -0.452 e. The maximum atomic E-state index is 12.1. The molecule has 2 aromatic rings. The fourth-order valence-electron chi connectivity index (χ4n) is 2.23. The highest BCUT2D eigenvalue weighted by Crippen LogP contribution is 2.15. The van der Waals surface area contributed by atoms with Crippen molar-refractivity contribution < 1.29 is 28.7 Å². The number of carbonyl (C=O) groups excluding carboxylic acids is 4. The van der Waals surface area contributed by atoms with Gasteiger partial charge in [0, 0.05) is 5.69 Å². The molecule has 134 valence electrons. The van der Waals surface area contributed by atoms with Crippen LogP contribution in [0.1, 0.15) is 20.0 Å². The van der Waals surface area contributed by atoms with E-state index < -0.39 is 24.6 Å². The number of nitrogens with zero attached hydrogens (tertiary/aromatic N) is 1. The highest BCUT2D eigenvalue weighted by atomic mass is 32.1. The number of cyclic esters (lactones) is 1. The summed E-state index contributed by atoms with van der Waals surface area (Å²) in [7, 11) is 0. The van der Waals surface area contributed by atoms with Crippen molar-refractivity contribution in [2.45, 2.75) is 0 Å². The molecule has 0 unspecified atom stereocenters. The number of anilines is 1. The smallest absolute Gasteiger partial charge is 0.416 e. The average Bonchev–Trinajstić information content (AvgIpc) is 3.31. The second kappa shape index (κ2) is 7.79. The minimum atomic E-state index is -0.746. The molecule has 1 aromatic heterocycles. The number of hydrogen-bond acceptors (Lipinski definition) is 7. The van der Waals surface area contributed by atoms with Crippen molar-refractivity contribution in [2.24, 2.45) is 0 Å². The fourth-order valence-corrected chi connectivity index (χ4v) is 2.85. The van der Waals surface area contributed by atoms with Crippen LogP contribution in [0, 0.1) is 0 Å². The second-order valence-corrected chi connectivity index (χ2v) is 6.20. The van der Waals surface area contributed by atoms with Crippen molar-refractivity contribution in [2.75, 3.05) is 25.1 Å². The van der Waals surface area contributed by atoms with E-state index in [4.69, 9.17) is 4.74 Å². The predicted molar refractivity (Wildman–Crippen MR) is 92.1 cm³/mol. The van der Waals surface area contributed by atoms with E-state index in [-0.39, 0.29) is 24.6 Å². The lowest BCUT2D eigenvalue weighted by atomic mass is 10.2. The number of benzene rings is 1. The number of esters is 1. The molecule has 26 heavy (non-hydrogen) atoms. The number of rotatable bonds is 5. The minimum absolute atomic E-state index is 0.129. The zero-order chi connectivity index (χ0) is 18.5. The van der Waals surface area contributed by atoms with E-state index in [0.29, 0.717) is 10.6 Å². The third kappa shape index (κ3) is 4.06. The Morgan fingerprint density at radius 3 is 2.77 bits per heavy atom. The number of carbonyl (C=O) groups is 4. The molecule has 0 saturated carbocycles. The zero-order valence-corrected chi connectivity index (χ0v) is 14.3. The number of amides is 3. The molecule has 0 radical (unpaired) electrons. The molecular weight excluding hydrogens is 360 g/mol. The lowest BCUT2D eigenvalue weighted by molar-refractivity contribution is -0.131. The van der Waals surface area contributed by atoms with Gasteiger partial charge in [0.2, 0.25) is 0 Å². The van der Waals surface area contributed by atoms with E-state index in [9.17, 15) is 19.2 Å². The molecule has 1 aliphatic heterocycles. The highest BCUT2D eigenvalue weighted by molar-refractivity contribution is 7.12. The summed E-state index contributed by atoms with van der Waals surface area (Å²) in [5.41, 5.74) is 0.595. The van der Waals surface area contributed by atoms with Gasteiger partial charge in [-0.1, -0.05) is 12.1 Å². The van der Waals surface area contributed by atoms with Gasteiger partial charge in [0.25, 0.3) is 11.8 Å². The Hall–Kier alpha value is -3.20. The van der Waals surface area contributed by atoms with Crippen molar-refractivity contribution in [3.63, 3.8) is 0 Å². The van der Waals surface area contributed by atoms with Gasteiger partial charge >= 0.3 is 12.1 Å². The van der Waals surface area contributed by atoms with Crippen molar-refractivity contribution in [1.82, 2.24) is 4.90 Å². The largest absolute Gasteiger partial charge is 0.452 e. The van der Waals surface area contributed by atoms with Gasteiger partial charge in [0.15, 0.2) is 6.61 Å². The van der Waals surface area contributed by atoms with Crippen LogP contribution in [0.4, 0.5) is 10.5 Å². The van der Waals surface area contributed by atoms with Crippen LogP contribution in [0.15, 0.2) is 41.8 Å². The molecule has 3 rings (SSSR count). The molecule has 0 spiro atoms. The number of nitrogens with one attached hydrogen (secondary N) is 1. The first-order chi connectivity index (χ1) is 12.5. The maximum absolute atomic E-state index is 12.1. The van der Waals surface area contributed by atoms with Gasteiger partial charge in [0.05, 0.1) is 17.0 Å². The van der Waals surface area contributed by atoms with Crippen molar-refractivity contribution in [1.29, 1.82) is 0 Å². The van der Waals surface area contributed by atoms with Crippen LogP contribution in [-0.4, -0.2) is 48.5 Å². The SMILES string of the molecule is O=C(OCC(=O)N1CCOC1=O)c1cccc(NC(=O)c2cccs2)c1. The van der Waals surface area contributed by atoms with Gasteiger partial charge in [-0.05, 0) is 29.6 Å². The Labute approximate surface area is 152 Å². The van der Waals surface area contributed by atoms with Gasteiger partial charge in [-0.25, -0.2) is 14.5 Å². The van der Waals surface area contributed by atoms with Gasteiger partial charge in [-0.15, -0.1) is 11.3 Å². The van der Waals surface area contributed by atoms with Gasteiger partial charge in [-0.2, -0.15) is 0 Å². The van der Waals surface area contributed by atoms with E-state index in [1.54, 1.807) is 29.6 Å². The van der Waals surface area contributed by atoms with E-state index in [0.717, 1.165) is 4.90 Å². The normalized spacial score (nSPS) is 13.2. The summed E-state index contributed by atoms with van der Waals surface area (Å²) in [6.07, 6.45) is -0.746. The van der Waals surface area contributed by atoms with Crippen LogP contribution >= 0.6 is 11.3 Å². The molecule has 1 N–H and O–H groups in total. The summed E-state index contributed by atoms with van der Waals surface area (Å²) in [5, 5.41) is 4.47. The van der Waals surface area contributed by atoms with Gasteiger partial charge < -0.3 is 14.8 Å². The predicted octanol–water partition coefficient (Wildman–Crippen LogP) is 2.14. The van der Waals surface area contributed by atoms with Crippen LogP contribution in [0.2, 0.25) is 0 Å². The van der Waals surface area contributed by atoms with E-state index in [2.05, 4.69) is 10.1 Å². The Kier molecular flexibility index (Phi) is 5.28. The van der Waals surface area contributed by atoms with Crippen molar-refractivity contribution >= 4 is 40.9 Å². The third-order valence-electron chi connectivity index (χ3n) is 3.49. The fraction of sp³-hybridized carbons (Fsp3) is 0.176. The summed E-state index contributed by atoms with van der Waals surface area (Å²) in [4.78, 5) is 48.7. The Bertz CT molecular complexity index is 849. The third-order valence-corrected chi connectivity index (χ3v) is 4.36. The average molecular weight is 374 g/mol. The summed E-state index contributed by atoms with van der Waals surface area (Å²) >= 11 is 1.30. The highest BCUT2D eigenvalue weighted by Gasteiger charge is 2.29. The topological polar surface area (TPSA) is 102 Å². The molecule has 0 bridgehead atoms. The monoisotopic (exact) mass is 374 g/mol. The van der Waals surface area contributed by atoms with E-state index in [1.807, 2.05) is 0 Å². The number of imide groups is 1. The molecular formula is C17H14N2O6S. The van der Waals surface area contributed by atoms with Crippen LogP contribution in [0.3, 0.4) is 0 Å². The second-order valence-electron chi connectivity index (χ2n) is 5.25. The summed E-state index contributed by atoms with van der Waals surface area (Å²) in [6.45, 7) is -0.302. The molecule has 3 amide bonds. The van der Waals surface area contributed by atoms with E-state index in [1.165, 1.54) is 23.5 Å². The molecule has 0 aliphatic carbocycles. The zero-order valence-electron chi connectivity index (χ0n) is 13.5. The molecule has 1 fully saturated rings. The molecule has 1 saturated heterocycles. The van der Waals surface area contributed by atoms with Crippen LogP contribution in [0.5, 0.6) is 0 Å². The summed E-state index contributed by atoms with van der Waals surface area (Å²) < 4.78 is 9.58. The Morgan fingerprint density at radius 2 is 2.08 bits per heavy atom.